The predicted molar refractivity (Wildman–Crippen MR) is 63.6 cm³/mol. The fourth-order valence-corrected chi connectivity index (χ4v) is 2.27. The highest BCUT2D eigenvalue weighted by molar-refractivity contribution is 4.88. The highest BCUT2D eigenvalue weighted by Gasteiger charge is 2.20. The van der Waals surface area contributed by atoms with Gasteiger partial charge in [0, 0.05) is 19.6 Å². The lowest BCUT2D eigenvalue weighted by atomic mass is 10.1. The van der Waals surface area contributed by atoms with Gasteiger partial charge < -0.3 is 9.84 Å². The first-order valence-electron chi connectivity index (χ1n) is 6.46. The molecule has 5 nitrogen and oxygen atoms in total. The molecule has 5 heteroatoms. The molecule has 1 N–H and O–H groups in total. The summed E-state index contributed by atoms with van der Waals surface area (Å²) in [5.74, 6) is 0.873. The lowest BCUT2D eigenvalue weighted by Crippen LogP contribution is -2.21. The quantitative estimate of drug-likeness (QED) is 0.809. The Morgan fingerprint density at radius 3 is 3.24 bits per heavy atom. The van der Waals surface area contributed by atoms with Gasteiger partial charge in [0.2, 0.25) is 0 Å². The highest BCUT2D eigenvalue weighted by Crippen LogP contribution is 2.18. The molecular formula is C12H21N3O2. The van der Waals surface area contributed by atoms with Crippen molar-refractivity contribution in [3.63, 3.8) is 0 Å². The van der Waals surface area contributed by atoms with Gasteiger partial charge in [-0.25, -0.2) is 4.98 Å². The van der Waals surface area contributed by atoms with E-state index in [0.717, 1.165) is 38.2 Å². The van der Waals surface area contributed by atoms with Gasteiger partial charge in [0.15, 0.2) is 0 Å². The number of aliphatic hydroxyl groups is 1. The van der Waals surface area contributed by atoms with Crippen molar-refractivity contribution in [3.8, 4) is 0 Å². The number of aliphatic hydroxyl groups excluding tert-OH is 1. The van der Waals surface area contributed by atoms with Crippen LogP contribution in [-0.4, -0.2) is 38.7 Å². The zero-order valence-corrected chi connectivity index (χ0v) is 10.4. The average Bonchev–Trinajstić information content (AvgIpc) is 2.92. The Bertz CT molecular complexity index is 334. The van der Waals surface area contributed by atoms with Crippen LogP contribution in [0.5, 0.6) is 0 Å². The molecular weight excluding hydrogens is 218 g/mol. The van der Waals surface area contributed by atoms with Crippen molar-refractivity contribution in [2.24, 2.45) is 0 Å². The first-order valence-corrected chi connectivity index (χ1v) is 6.46. The number of rotatable bonds is 6. The van der Waals surface area contributed by atoms with E-state index in [1.807, 2.05) is 4.68 Å². The Kier molecular flexibility index (Phi) is 4.50. The molecule has 1 aliphatic rings. The van der Waals surface area contributed by atoms with Crippen LogP contribution in [0.1, 0.15) is 38.4 Å². The van der Waals surface area contributed by atoms with E-state index in [2.05, 4.69) is 17.0 Å². The molecule has 0 radical (unpaired) electrons. The second kappa shape index (κ2) is 6.12. The minimum absolute atomic E-state index is 0.229. The fraction of sp³-hybridized carbons (Fsp3) is 0.833. The van der Waals surface area contributed by atoms with Crippen molar-refractivity contribution in [2.75, 3.05) is 6.61 Å². The summed E-state index contributed by atoms with van der Waals surface area (Å²) in [5.41, 5.74) is 0. The summed E-state index contributed by atoms with van der Waals surface area (Å²) in [7, 11) is 0. The molecule has 1 aromatic rings. The summed E-state index contributed by atoms with van der Waals surface area (Å²) < 4.78 is 7.39. The van der Waals surface area contributed by atoms with Crippen molar-refractivity contribution >= 4 is 0 Å². The predicted octanol–water partition coefficient (Wildman–Crippen LogP) is 1.16. The van der Waals surface area contributed by atoms with E-state index in [9.17, 15) is 5.11 Å². The molecule has 1 saturated heterocycles. The minimum Gasteiger partial charge on any atom is -0.393 e. The smallest absolute Gasteiger partial charge is 0.138 e. The van der Waals surface area contributed by atoms with E-state index >= 15 is 0 Å². The summed E-state index contributed by atoms with van der Waals surface area (Å²) >= 11 is 0. The third kappa shape index (κ3) is 3.51. The van der Waals surface area contributed by atoms with E-state index < -0.39 is 0 Å². The van der Waals surface area contributed by atoms with Crippen LogP contribution in [-0.2, 0) is 17.7 Å². The van der Waals surface area contributed by atoms with Crippen molar-refractivity contribution in [1.29, 1.82) is 0 Å². The third-order valence-corrected chi connectivity index (χ3v) is 3.11. The summed E-state index contributed by atoms with van der Waals surface area (Å²) in [6, 6.07) is 0. The van der Waals surface area contributed by atoms with Crippen molar-refractivity contribution < 1.29 is 9.84 Å². The normalized spacial score (nSPS) is 21.9. The molecule has 17 heavy (non-hydrogen) atoms. The van der Waals surface area contributed by atoms with Gasteiger partial charge in [-0.05, 0) is 25.7 Å². The fourth-order valence-electron chi connectivity index (χ4n) is 2.27. The zero-order valence-electron chi connectivity index (χ0n) is 10.4. The Hall–Kier alpha value is -0.940. The van der Waals surface area contributed by atoms with Gasteiger partial charge in [0.25, 0.3) is 0 Å². The summed E-state index contributed by atoms with van der Waals surface area (Å²) in [6.07, 6.45) is 5.90. The number of aryl methyl sites for hydroxylation is 1. The van der Waals surface area contributed by atoms with Crippen LogP contribution in [0.3, 0.4) is 0 Å². The highest BCUT2D eigenvalue weighted by atomic mass is 16.5. The van der Waals surface area contributed by atoms with Gasteiger partial charge in [-0.15, -0.1) is 0 Å². The summed E-state index contributed by atoms with van der Waals surface area (Å²) in [4.78, 5) is 4.20. The standard InChI is InChI=1S/C12H21N3O2/c1-2-5-15-12(13-9-14-15)8-10(16)7-11-4-3-6-17-11/h9-11,16H,2-8H2,1H3. The topological polar surface area (TPSA) is 60.2 Å². The molecule has 1 aromatic heterocycles. The Morgan fingerprint density at radius 2 is 2.53 bits per heavy atom. The minimum atomic E-state index is -0.377. The first-order chi connectivity index (χ1) is 8.29. The lowest BCUT2D eigenvalue weighted by Gasteiger charge is -2.15. The summed E-state index contributed by atoms with van der Waals surface area (Å²) in [5, 5.41) is 14.2. The molecule has 0 aliphatic carbocycles. The van der Waals surface area contributed by atoms with Gasteiger partial charge in [-0.3, -0.25) is 4.68 Å². The Labute approximate surface area is 102 Å². The van der Waals surface area contributed by atoms with Crippen molar-refractivity contribution in [1.82, 2.24) is 14.8 Å². The van der Waals surface area contributed by atoms with Gasteiger partial charge in [0.1, 0.15) is 12.2 Å². The molecule has 1 fully saturated rings. The van der Waals surface area contributed by atoms with Crippen molar-refractivity contribution in [3.05, 3.63) is 12.2 Å². The molecule has 2 unspecified atom stereocenters. The van der Waals surface area contributed by atoms with Crippen LogP contribution in [0.25, 0.3) is 0 Å². The van der Waals surface area contributed by atoms with E-state index in [1.165, 1.54) is 0 Å². The molecule has 0 bridgehead atoms. The third-order valence-electron chi connectivity index (χ3n) is 3.11. The van der Waals surface area contributed by atoms with Crippen LogP contribution in [0.15, 0.2) is 6.33 Å². The average molecular weight is 239 g/mol. The maximum absolute atomic E-state index is 10.0. The van der Waals surface area contributed by atoms with E-state index in [4.69, 9.17) is 4.74 Å². The molecule has 2 rings (SSSR count). The zero-order chi connectivity index (χ0) is 12.1. The molecule has 0 spiro atoms. The van der Waals surface area contributed by atoms with Crippen LogP contribution < -0.4 is 0 Å². The maximum atomic E-state index is 10.0. The number of nitrogens with zero attached hydrogens (tertiary/aromatic N) is 3. The van der Waals surface area contributed by atoms with Gasteiger partial charge in [-0.2, -0.15) is 5.10 Å². The molecule has 96 valence electrons. The molecule has 0 saturated carbocycles. The Balaban J connectivity index is 1.83. The van der Waals surface area contributed by atoms with Gasteiger partial charge >= 0.3 is 0 Å². The van der Waals surface area contributed by atoms with Crippen LogP contribution in [0, 0.1) is 0 Å². The second-order valence-corrected chi connectivity index (χ2v) is 4.63. The van der Waals surface area contributed by atoms with Crippen LogP contribution >= 0.6 is 0 Å². The second-order valence-electron chi connectivity index (χ2n) is 4.63. The Morgan fingerprint density at radius 1 is 1.65 bits per heavy atom. The monoisotopic (exact) mass is 239 g/mol. The number of hydrogen-bond donors (Lipinski definition) is 1. The maximum Gasteiger partial charge on any atom is 0.138 e. The van der Waals surface area contributed by atoms with Gasteiger partial charge in [0.05, 0.1) is 12.2 Å². The molecule has 2 heterocycles. The van der Waals surface area contributed by atoms with Crippen LogP contribution in [0.4, 0.5) is 0 Å². The van der Waals surface area contributed by atoms with E-state index in [0.29, 0.717) is 12.8 Å². The molecule has 0 amide bonds. The van der Waals surface area contributed by atoms with Gasteiger partial charge in [-0.1, -0.05) is 6.92 Å². The summed E-state index contributed by atoms with van der Waals surface area (Å²) in [6.45, 7) is 3.81. The molecule has 0 aromatic carbocycles. The first kappa shape index (κ1) is 12.5. The molecule has 2 atom stereocenters. The molecule has 1 aliphatic heterocycles. The number of ether oxygens (including phenoxy) is 1. The number of aromatic nitrogens is 3. The van der Waals surface area contributed by atoms with Crippen LogP contribution in [0.2, 0.25) is 0 Å². The van der Waals surface area contributed by atoms with E-state index in [1.54, 1.807) is 6.33 Å². The van der Waals surface area contributed by atoms with Crippen molar-refractivity contribution in [2.45, 2.75) is 57.8 Å². The lowest BCUT2D eigenvalue weighted by molar-refractivity contribution is 0.0529. The van der Waals surface area contributed by atoms with E-state index in [-0.39, 0.29) is 12.2 Å². The largest absolute Gasteiger partial charge is 0.393 e. The number of hydrogen-bond acceptors (Lipinski definition) is 4. The SMILES string of the molecule is CCCn1ncnc1CC(O)CC1CCCO1.